The second-order valence-corrected chi connectivity index (χ2v) is 7.66. The van der Waals surface area contributed by atoms with E-state index in [-0.39, 0.29) is 5.91 Å². The molecule has 0 spiro atoms. The minimum absolute atomic E-state index is 0.270. The Hall–Kier alpha value is -0.620. The van der Waals surface area contributed by atoms with Gasteiger partial charge in [0.05, 0.1) is 18.2 Å². The van der Waals surface area contributed by atoms with Crippen LogP contribution in [0.5, 0.6) is 0 Å². The molecule has 2 aliphatic heterocycles. The van der Waals surface area contributed by atoms with Crippen molar-refractivity contribution < 1.29 is 9.53 Å². The number of hydrogen-bond donors (Lipinski definition) is 0. The summed E-state index contributed by atoms with van der Waals surface area (Å²) in [6.45, 7) is 7.62. The van der Waals surface area contributed by atoms with E-state index in [1.54, 1.807) is 11.3 Å². The zero-order chi connectivity index (χ0) is 15.5. The van der Waals surface area contributed by atoms with Crippen molar-refractivity contribution in [1.82, 2.24) is 9.80 Å². The minimum atomic E-state index is 0.270. The van der Waals surface area contributed by atoms with Gasteiger partial charge in [-0.1, -0.05) is 18.5 Å². The number of nitrogens with zero attached hydrogens (tertiary/aromatic N) is 2. The van der Waals surface area contributed by atoms with Crippen molar-refractivity contribution in [1.29, 1.82) is 0 Å². The van der Waals surface area contributed by atoms with Gasteiger partial charge >= 0.3 is 0 Å². The quantitative estimate of drug-likeness (QED) is 0.843. The van der Waals surface area contributed by atoms with Crippen LogP contribution in [0, 0.1) is 5.92 Å². The number of carbonyl (C=O) groups is 1. The van der Waals surface area contributed by atoms with Crippen molar-refractivity contribution in [3.8, 4) is 0 Å². The maximum Gasteiger partial charge on any atom is 0.222 e. The fourth-order valence-corrected chi connectivity index (χ4v) is 4.49. The molecule has 3 heterocycles. The molecule has 0 unspecified atom stereocenters. The van der Waals surface area contributed by atoms with Crippen LogP contribution in [-0.4, -0.2) is 61.1 Å². The van der Waals surface area contributed by atoms with Gasteiger partial charge in [-0.25, -0.2) is 0 Å². The normalized spacial score (nSPS) is 26.5. The summed E-state index contributed by atoms with van der Waals surface area (Å²) in [4.78, 5) is 18.2. The molecule has 6 heteroatoms. The number of carbonyl (C=O) groups excluding carboxylic acids is 1. The Balaban J connectivity index is 1.51. The van der Waals surface area contributed by atoms with Crippen LogP contribution in [0.25, 0.3) is 0 Å². The van der Waals surface area contributed by atoms with Crippen molar-refractivity contribution in [3.63, 3.8) is 0 Å². The van der Waals surface area contributed by atoms with Gasteiger partial charge < -0.3 is 9.64 Å². The number of hydrogen-bond acceptors (Lipinski definition) is 4. The topological polar surface area (TPSA) is 32.8 Å². The third-order valence-corrected chi connectivity index (χ3v) is 5.99. The Morgan fingerprint density at radius 3 is 2.86 bits per heavy atom. The second kappa shape index (κ2) is 7.30. The number of rotatable bonds is 4. The largest absolute Gasteiger partial charge is 0.379 e. The Bertz CT molecular complexity index is 516. The third kappa shape index (κ3) is 3.82. The Morgan fingerprint density at radius 1 is 1.41 bits per heavy atom. The van der Waals surface area contributed by atoms with Crippen LogP contribution in [0.1, 0.15) is 18.2 Å². The lowest BCUT2D eigenvalue weighted by atomic mass is 10.0. The van der Waals surface area contributed by atoms with E-state index in [0.717, 1.165) is 50.8 Å². The highest BCUT2D eigenvalue weighted by Crippen LogP contribution is 2.25. The molecule has 4 nitrogen and oxygen atoms in total. The van der Waals surface area contributed by atoms with Gasteiger partial charge in [-0.15, -0.1) is 11.3 Å². The molecule has 122 valence electrons. The molecule has 2 atom stereocenters. The van der Waals surface area contributed by atoms with Gasteiger partial charge in [-0.05, 0) is 18.4 Å². The predicted octanol–water partition coefficient (Wildman–Crippen LogP) is 2.51. The molecule has 0 radical (unpaired) electrons. The van der Waals surface area contributed by atoms with Gasteiger partial charge in [-0.2, -0.15) is 0 Å². The molecular formula is C16H23ClN2O2S. The van der Waals surface area contributed by atoms with Crippen LogP contribution in [-0.2, 0) is 16.0 Å². The van der Waals surface area contributed by atoms with E-state index in [9.17, 15) is 4.79 Å². The summed E-state index contributed by atoms with van der Waals surface area (Å²) in [5.41, 5.74) is 0. The first-order valence-corrected chi connectivity index (χ1v) is 9.21. The van der Waals surface area contributed by atoms with E-state index in [1.807, 2.05) is 16.3 Å². The zero-order valence-electron chi connectivity index (χ0n) is 13.0. The molecule has 1 aromatic heterocycles. The summed E-state index contributed by atoms with van der Waals surface area (Å²) >= 11 is 7.56. The summed E-state index contributed by atoms with van der Waals surface area (Å²) in [5, 5.41) is 2.70. The SMILES string of the molecule is C[C@@H]1CN(C(=O)CCc2cc(Cl)cs2)C[C@H]1N1CCOCC1. The molecule has 1 aromatic rings. The lowest BCUT2D eigenvalue weighted by molar-refractivity contribution is -0.130. The minimum Gasteiger partial charge on any atom is -0.379 e. The van der Waals surface area contributed by atoms with Crippen molar-refractivity contribution in [2.45, 2.75) is 25.8 Å². The van der Waals surface area contributed by atoms with E-state index in [1.165, 1.54) is 4.88 Å². The molecule has 0 saturated carbocycles. The molecule has 1 amide bonds. The molecule has 2 saturated heterocycles. The molecule has 2 fully saturated rings. The Morgan fingerprint density at radius 2 is 2.18 bits per heavy atom. The fourth-order valence-electron chi connectivity index (χ4n) is 3.41. The highest BCUT2D eigenvalue weighted by molar-refractivity contribution is 7.10. The number of thiophene rings is 1. The lowest BCUT2D eigenvalue weighted by Crippen LogP contribution is -2.47. The van der Waals surface area contributed by atoms with Crippen molar-refractivity contribution in [3.05, 3.63) is 21.3 Å². The van der Waals surface area contributed by atoms with Gasteiger partial charge in [0, 0.05) is 48.9 Å². The maximum atomic E-state index is 12.5. The molecule has 22 heavy (non-hydrogen) atoms. The molecule has 2 aliphatic rings. The standard InChI is InChI=1S/C16H23ClN2O2S/c1-12-9-19(10-15(12)18-4-6-21-7-5-18)16(20)3-2-14-8-13(17)11-22-14/h8,11-12,15H,2-7,9-10H2,1H3/t12-,15-/m1/s1. The van der Waals surface area contributed by atoms with E-state index >= 15 is 0 Å². The van der Waals surface area contributed by atoms with Crippen LogP contribution in [0.3, 0.4) is 0 Å². The molecule has 3 rings (SSSR count). The molecule has 0 N–H and O–H groups in total. The van der Waals surface area contributed by atoms with Crippen LogP contribution < -0.4 is 0 Å². The molecule has 0 bridgehead atoms. The van der Waals surface area contributed by atoms with Gasteiger partial charge in [0.25, 0.3) is 0 Å². The average Bonchev–Trinajstić information content (AvgIpc) is 3.12. The number of ether oxygens (including phenoxy) is 1. The smallest absolute Gasteiger partial charge is 0.222 e. The first-order chi connectivity index (χ1) is 10.6. The summed E-state index contributed by atoms with van der Waals surface area (Å²) < 4.78 is 5.43. The number of amides is 1. The zero-order valence-corrected chi connectivity index (χ0v) is 14.5. The van der Waals surface area contributed by atoms with E-state index in [2.05, 4.69) is 11.8 Å². The van der Waals surface area contributed by atoms with Crippen molar-refractivity contribution >= 4 is 28.8 Å². The Labute approximate surface area is 141 Å². The lowest BCUT2D eigenvalue weighted by Gasteiger charge is -2.34. The summed E-state index contributed by atoms with van der Waals surface area (Å²) in [6.07, 6.45) is 1.38. The van der Waals surface area contributed by atoms with E-state index in [0.29, 0.717) is 18.4 Å². The average molecular weight is 343 g/mol. The van der Waals surface area contributed by atoms with E-state index < -0.39 is 0 Å². The van der Waals surface area contributed by atoms with Crippen LogP contribution in [0.4, 0.5) is 0 Å². The third-order valence-electron chi connectivity index (χ3n) is 4.65. The van der Waals surface area contributed by atoms with Crippen LogP contribution in [0.2, 0.25) is 5.02 Å². The molecule has 0 aliphatic carbocycles. The summed E-state index contributed by atoms with van der Waals surface area (Å²) in [6, 6.07) is 2.45. The van der Waals surface area contributed by atoms with Gasteiger partial charge in [0.2, 0.25) is 5.91 Å². The summed E-state index contributed by atoms with van der Waals surface area (Å²) in [5.74, 6) is 0.811. The summed E-state index contributed by atoms with van der Waals surface area (Å²) in [7, 11) is 0. The van der Waals surface area contributed by atoms with Gasteiger partial charge in [-0.3, -0.25) is 9.69 Å². The second-order valence-electron chi connectivity index (χ2n) is 6.22. The highest BCUT2D eigenvalue weighted by Gasteiger charge is 2.36. The maximum absolute atomic E-state index is 12.5. The number of likely N-dealkylation sites (tertiary alicyclic amines) is 1. The monoisotopic (exact) mass is 342 g/mol. The molecule has 0 aromatic carbocycles. The number of aryl methyl sites for hydroxylation is 1. The first-order valence-electron chi connectivity index (χ1n) is 7.96. The number of morpholine rings is 1. The van der Waals surface area contributed by atoms with Crippen LogP contribution >= 0.6 is 22.9 Å². The fraction of sp³-hybridized carbons (Fsp3) is 0.688. The predicted molar refractivity (Wildman–Crippen MR) is 89.6 cm³/mol. The van der Waals surface area contributed by atoms with Crippen molar-refractivity contribution in [2.75, 3.05) is 39.4 Å². The van der Waals surface area contributed by atoms with Gasteiger partial charge in [0.15, 0.2) is 0 Å². The molecular weight excluding hydrogens is 320 g/mol. The first kappa shape index (κ1) is 16.2. The van der Waals surface area contributed by atoms with Gasteiger partial charge in [0.1, 0.15) is 0 Å². The Kier molecular flexibility index (Phi) is 5.39. The van der Waals surface area contributed by atoms with Crippen LogP contribution in [0.15, 0.2) is 11.4 Å². The highest BCUT2D eigenvalue weighted by atomic mass is 35.5. The van der Waals surface area contributed by atoms with E-state index in [4.69, 9.17) is 16.3 Å². The number of halogens is 1. The van der Waals surface area contributed by atoms with Crippen molar-refractivity contribution in [2.24, 2.45) is 5.92 Å².